The number of guanidine groups is 1. The summed E-state index contributed by atoms with van der Waals surface area (Å²) < 4.78 is 10.9. The van der Waals surface area contributed by atoms with Crippen molar-refractivity contribution in [3.05, 3.63) is 58.9 Å². The Morgan fingerprint density at radius 2 is 1.85 bits per heavy atom. The Balaban J connectivity index is 0.00000364. The summed E-state index contributed by atoms with van der Waals surface area (Å²) in [5, 5.41) is 6.60. The van der Waals surface area contributed by atoms with Gasteiger partial charge in [0.15, 0.2) is 5.96 Å². The zero-order chi connectivity index (χ0) is 18.8. The number of hydrogen-bond acceptors (Lipinski definition) is 4. The van der Waals surface area contributed by atoms with Gasteiger partial charge < -0.3 is 20.1 Å². The summed E-state index contributed by atoms with van der Waals surface area (Å²) in [6.07, 6.45) is 0. The Kier molecular flexibility index (Phi) is 10.7. The van der Waals surface area contributed by atoms with Gasteiger partial charge >= 0.3 is 0 Å². The summed E-state index contributed by atoms with van der Waals surface area (Å²) in [4.78, 5) is 8.76. The lowest BCUT2D eigenvalue weighted by Crippen LogP contribution is -2.36. The summed E-state index contributed by atoms with van der Waals surface area (Å²) in [6.45, 7) is 6.36. The lowest BCUT2D eigenvalue weighted by atomic mass is 10.1. The smallest absolute Gasteiger partial charge is 0.191 e. The van der Waals surface area contributed by atoms with Gasteiger partial charge in [0.25, 0.3) is 0 Å². The molecule has 0 aliphatic rings. The van der Waals surface area contributed by atoms with Gasteiger partial charge in [-0.25, -0.2) is 0 Å². The van der Waals surface area contributed by atoms with Crippen LogP contribution in [0.5, 0.6) is 5.75 Å². The van der Waals surface area contributed by atoms with Crippen LogP contribution >= 0.6 is 24.0 Å². The minimum absolute atomic E-state index is 0. The normalized spacial score (nSPS) is 10.9. The molecule has 148 valence electrons. The summed E-state index contributed by atoms with van der Waals surface area (Å²) in [7, 11) is 3.42. The average Bonchev–Trinajstić information content (AvgIpc) is 2.63. The second-order valence-electron chi connectivity index (χ2n) is 6.00. The minimum atomic E-state index is 0. The number of rotatable bonds is 8. The van der Waals surface area contributed by atoms with Crippen LogP contribution in [0.25, 0.3) is 0 Å². The van der Waals surface area contributed by atoms with Gasteiger partial charge in [0.05, 0.1) is 18.8 Å². The Morgan fingerprint density at radius 1 is 1.07 bits per heavy atom. The molecule has 2 aromatic rings. The first-order chi connectivity index (χ1) is 12.6. The number of hydrogen-bond donors (Lipinski definition) is 2. The standard InChI is InChI=1S/C20H28N4O2.HI/c1-15-8-9-17(19(12-15)26-11-10-25-4)13-22-20(21-3)23-14-18-7-5-6-16(2)24-18;/h5-9,12H,10-11,13-14H2,1-4H3,(H2,21,22,23);1H. The summed E-state index contributed by atoms with van der Waals surface area (Å²) in [5.74, 6) is 1.59. The molecule has 0 aliphatic heterocycles. The van der Waals surface area contributed by atoms with E-state index in [2.05, 4.69) is 39.7 Å². The van der Waals surface area contributed by atoms with Crippen molar-refractivity contribution in [3.8, 4) is 5.75 Å². The van der Waals surface area contributed by atoms with Crippen LogP contribution in [0.15, 0.2) is 41.4 Å². The van der Waals surface area contributed by atoms with Crippen molar-refractivity contribution in [2.75, 3.05) is 27.4 Å². The molecule has 0 bridgehead atoms. The largest absolute Gasteiger partial charge is 0.491 e. The van der Waals surface area contributed by atoms with Crippen LogP contribution < -0.4 is 15.4 Å². The zero-order valence-corrected chi connectivity index (χ0v) is 18.7. The van der Waals surface area contributed by atoms with Gasteiger partial charge in [-0.3, -0.25) is 9.98 Å². The lowest BCUT2D eigenvalue weighted by Gasteiger charge is -2.15. The van der Waals surface area contributed by atoms with E-state index in [0.717, 1.165) is 34.2 Å². The van der Waals surface area contributed by atoms with Crippen LogP contribution in [0.3, 0.4) is 0 Å². The Bertz CT molecular complexity index is 738. The number of aliphatic imine (C=N–C) groups is 1. The van der Waals surface area contributed by atoms with Crippen molar-refractivity contribution in [2.45, 2.75) is 26.9 Å². The molecule has 0 saturated carbocycles. The Morgan fingerprint density at radius 3 is 2.56 bits per heavy atom. The molecular formula is C20H29IN4O2. The monoisotopic (exact) mass is 484 g/mol. The average molecular weight is 484 g/mol. The van der Waals surface area contributed by atoms with Crippen LogP contribution in [0.4, 0.5) is 0 Å². The van der Waals surface area contributed by atoms with Crippen molar-refractivity contribution in [2.24, 2.45) is 4.99 Å². The fourth-order valence-electron chi connectivity index (χ4n) is 2.45. The molecule has 0 aliphatic carbocycles. The predicted octanol–water partition coefficient (Wildman–Crippen LogP) is 3.21. The highest BCUT2D eigenvalue weighted by Crippen LogP contribution is 2.20. The second-order valence-corrected chi connectivity index (χ2v) is 6.00. The lowest BCUT2D eigenvalue weighted by molar-refractivity contribution is 0.145. The molecule has 6 nitrogen and oxygen atoms in total. The molecule has 27 heavy (non-hydrogen) atoms. The zero-order valence-electron chi connectivity index (χ0n) is 16.4. The van der Waals surface area contributed by atoms with Gasteiger partial charge in [-0.2, -0.15) is 0 Å². The highest BCUT2D eigenvalue weighted by atomic mass is 127. The third-order valence-corrected chi connectivity index (χ3v) is 3.82. The molecule has 0 atom stereocenters. The molecule has 2 rings (SSSR count). The number of halogens is 1. The van der Waals surface area contributed by atoms with Crippen molar-refractivity contribution < 1.29 is 9.47 Å². The van der Waals surface area contributed by atoms with Crippen LogP contribution in [-0.2, 0) is 17.8 Å². The first-order valence-electron chi connectivity index (χ1n) is 8.70. The molecule has 0 unspecified atom stereocenters. The van der Waals surface area contributed by atoms with Crippen LogP contribution in [0.1, 0.15) is 22.5 Å². The molecule has 2 N–H and O–H groups in total. The first kappa shape index (κ1) is 23.2. The van der Waals surface area contributed by atoms with E-state index in [0.29, 0.717) is 26.3 Å². The van der Waals surface area contributed by atoms with Crippen molar-refractivity contribution in [1.82, 2.24) is 15.6 Å². The van der Waals surface area contributed by atoms with Crippen molar-refractivity contribution in [1.29, 1.82) is 0 Å². The van der Waals surface area contributed by atoms with Crippen LogP contribution in [-0.4, -0.2) is 38.3 Å². The molecule has 0 saturated heterocycles. The SMILES string of the molecule is CN=C(NCc1cccc(C)n1)NCc1ccc(C)cc1OCCOC.I. The molecule has 1 aromatic carbocycles. The van der Waals surface area contributed by atoms with E-state index in [1.165, 1.54) is 0 Å². The van der Waals surface area contributed by atoms with Crippen LogP contribution in [0, 0.1) is 13.8 Å². The van der Waals surface area contributed by atoms with Crippen molar-refractivity contribution in [3.63, 3.8) is 0 Å². The maximum absolute atomic E-state index is 5.83. The molecule has 1 aromatic heterocycles. The number of nitrogens with one attached hydrogen (secondary N) is 2. The predicted molar refractivity (Wildman–Crippen MR) is 120 cm³/mol. The number of benzene rings is 1. The number of nitrogens with zero attached hydrogens (tertiary/aromatic N) is 2. The fraction of sp³-hybridized carbons (Fsp3) is 0.400. The van der Waals surface area contributed by atoms with E-state index < -0.39 is 0 Å². The number of aryl methyl sites for hydroxylation is 2. The van der Waals surface area contributed by atoms with Gasteiger partial charge in [0.1, 0.15) is 12.4 Å². The van der Waals surface area contributed by atoms with Gasteiger partial charge in [-0.15, -0.1) is 24.0 Å². The molecule has 1 heterocycles. The Labute approximate surface area is 178 Å². The van der Waals surface area contributed by atoms with E-state index in [-0.39, 0.29) is 24.0 Å². The number of methoxy groups -OCH3 is 1. The van der Waals surface area contributed by atoms with Gasteiger partial charge in [0, 0.05) is 32.0 Å². The molecule has 0 amide bonds. The van der Waals surface area contributed by atoms with Gasteiger partial charge in [-0.1, -0.05) is 18.2 Å². The topological polar surface area (TPSA) is 67.8 Å². The maximum atomic E-state index is 5.83. The van der Waals surface area contributed by atoms with Crippen molar-refractivity contribution >= 4 is 29.9 Å². The maximum Gasteiger partial charge on any atom is 0.191 e. The third-order valence-electron chi connectivity index (χ3n) is 3.82. The van der Waals surface area contributed by atoms with E-state index in [1.807, 2.05) is 31.2 Å². The van der Waals surface area contributed by atoms with E-state index >= 15 is 0 Å². The van der Waals surface area contributed by atoms with Gasteiger partial charge in [-0.05, 0) is 37.6 Å². The minimum Gasteiger partial charge on any atom is -0.491 e. The van der Waals surface area contributed by atoms with E-state index in [9.17, 15) is 0 Å². The number of aromatic nitrogens is 1. The summed E-state index contributed by atoms with van der Waals surface area (Å²) in [5.41, 5.74) is 4.22. The van der Waals surface area contributed by atoms with E-state index in [1.54, 1.807) is 14.2 Å². The molecular weight excluding hydrogens is 455 g/mol. The van der Waals surface area contributed by atoms with Gasteiger partial charge in [0.2, 0.25) is 0 Å². The fourth-order valence-corrected chi connectivity index (χ4v) is 2.45. The highest BCUT2D eigenvalue weighted by Gasteiger charge is 2.06. The molecule has 7 heteroatoms. The number of pyridine rings is 1. The number of ether oxygens (including phenoxy) is 2. The summed E-state index contributed by atoms with van der Waals surface area (Å²) in [6, 6.07) is 12.2. The summed E-state index contributed by atoms with van der Waals surface area (Å²) >= 11 is 0. The highest BCUT2D eigenvalue weighted by molar-refractivity contribution is 14.0. The van der Waals surface area contributed by atoms with E-state index in [4.69, 9.17) is 9.47 Å². The first-order valence-corrected chi connectivity index (χ1v) is 8.70. The molecule has 0 fully saturated rings. The quantitative estimate of drug-likeness (QED) is 0.261. The third kappa shape index (κ3) is 8.13. The molecule has 0 spiro atoms. The second kappa shape index (κ2) is 12.5. The van der Waals surface area contributed by atoms with Crippen LogP contribution in [0.2, 0.25) is 0 Å². The Hall–Kier alpha value is -1.87. The molecule has 0 radical (unpaired) electrons.